The van der Waals surface area contributed by atoms with Crippen LogP contribution in [-0.2, 0) is 44.4 Å². The molecule has 2 aliphatic rings. The fraction of sp³-hybridized carbons (Fsp3) is 0.312. The molecule has 2 amide bonds. The van der Waals surface area contributed by atoms with Crippen LogP contribution in [0.2, 0.25) is 5.02 Å². The van der Waals surface area contributed by atoms with E-state index in [1.165, 1.54) is 6.20 Å². The van der Waals surface area contributed by atoms with Crippen molar-refractivity contribution in [3.05, 3.63) is 93.3 Å². The highest BCUT2D eigenvalue weighted by molar-refractivity contribution is 6.36. The number of fused-ring (bicyclic) bond motifs is 2. The third kappa shape index (κ3) is 5.31. The predicted octanol–water partition coefficient (Wildman–Crippen LogP) is 4.22. The molecule has 0 bridgehead atoms. The van der Waals surface area contributed by atoms with Gasteiger partial charge in [0.15, 0.2) is 5.82 Å². The van der Waals surface area contributed by atoms with E-state index < -0.39 is 0 Å². The van der Waals surface area contributed by atoms with Crippen molar-refractivity contribution in [2.24, 2.45) is 7.05 Å². The third-order valence-corrected chi connectivity index (χ3v) is 8.64. The quantitative estimate of drug-likeness (QED) is 0.327. The number of hydrogen-bond acceptors (Lipinski definition) is 7. The van der Waals surface area contributed by atoms with Gasteiger partial charge >= 0.3 is 0 Å². The van der Waals surface area contributed by atoms with Gasteiger partial charge < -0.3 is 29.5 Å². The highest BCUT2D eigenvalue weighted by atomic mass is 35.5. The summed E-state index contributed by atoms with van der Waals surface area (Å²) in [6.45, 7) is 2.21. The highest BCUT2D eigenvalue weighted by Gasteiger charge is 2.30. The number of nitrogens with zero attached hydrogens (tertiary/aromatic N) is 5. The van der Waals surface area contributed by atoms with Crippen molar-refractivity contribution >= 4 is 34.8 Å². The summed E-state index contributed by atoms with van der Waals surface area (Å²) in [5.41, 5.74) is 7.57. The summed E-state index contributed by atoms with van der Waals surface area (Å²) in [5.74, 6) is -0.194. The van der Waals surface area contributed by atoms with Gasteiger partial charge in [0.25, 0.3) is 11.8 Å². The zero-order valence-electron chi connectivity index (χ0n) is 24.4. The number of hydrogen-bond donors (Lipinski definition) is 2. The number of carbonyl (C=O) groups excluding carboxylic acids is 2. The topological polar surface area (TPSA) is 113 Å². The molecule has 222 valence electrons. The number of methoxy groups -OCH3 is 1. The Morgan fingerprint density at radius 2 is 1.86 bits per heavy atom. The lowest BCUT2D eigenvalue weighted by Crippen LogP contribution is -2.29. The average Bonchev–Trinajstić information content (AvgIpc) is 3.59. The zero-order valence-corrected chi connectivity index (χ0v) is 25.1. The Hall–Kier alpha value is -4.09. The van der Waals surface area contributed by atoms with E-state index in [2.05, 4.69) is 20.2 Å². The summed E-state index contributed by atoms with van der Waals surface area (Å²) in [4.78, 5) is 39.8. The van der Waals surface area contributed by atoms with Gasteiger partial charge in [0.2, 0.25) is 0 Å². The molecule has 0 radical (unpaired) electrons. The molecule has 11 heteroatoms. The summed E-state index contributed by atoms with van der Waals surface area (Å²) in [7, 11) is 5.49. The maximum absolute atomic E-state index is 13.6. The number of pyridine rings is 1. The van der Waals surface area contributed by atoms with Crippen LogP contribution in [0.1, 0.15) is 49.2 Å². The minimum atomic E-state index is -0.318. The Kier molecular flexibility index (Phi) is 8.02. The Morgan fingerprint density at radius 1 is 1.07 bits per heavy atom. The van der Waals surface area contributed by atoms with Gasteiger partial charge in [-0.15, -0.1) is 0 Å². The van der Waals surface area contributed by atoms with Crippen LogP contribution < -0.4 is 10.2 Å². The summed E-state index contributed by atoms with van der Waals surface area (Å²) >= 11 is 6.94. The van der Waals surface area contributed by atoms with Crippen molar-refractivity contribution < 1.29 is 19.4 Å². The number of likely N-dealkylation sites (N-methyl/N-ethyl adjacent to an activating group) is 1. The predicted molar refractivity (Wildman–Crippen MR) is 164 cm³/mol. The Bertz CT molecular complexity index is 1740. The average molecular weight is 601 g/mol. The summed E-state index contributed by atoms with van der Waals surface area (Å²) in [6, 6.07) is 13.0. The second-order valence-corrected chi connectivity index (χ2v) is 11.3. The molecule has 6 rings (SSSR count). The minimum Gasteiger partial charge on any atom is -0.392 e. The van der Waals surface area contributed by atoms with Crippen LogP contribution in [0.15, 0.2) is 48.7 Å². The lowest BCUT2D eigenvalue weighted by molar-refractivity contribution is 0.0982. The number of imidazole rings is 1. The molecule has 43 heavy (non-hydrogen) atoms. The van der Waals surface area contributed by atoms with E-state index in [1.54, 1.807) is 24.1 Å². The van der Waals surface area contributed by atoms with Crippen molar-refractivity contribution in [1.82, 2.24) is 19.4 Å². The van der Waals surface area contributed by atoms with E-state index >= 15 is 0 Å². The first-order valence-corrected chi connectivity index (χ1v) is 14.5. The second-order valence-electron chi connectivity index (χ2n) is 10.9. The molecule has 2 N–H and O–H groups in total. The lowest BCUT2D eigenvalue weighted by atomic mass is 9.97. The van der Waals surface area contributed by atoms with Crippen molar-refractivity contribution in [2.75, 3.05) is 37.5 Å². The SMILES string of the molecule is COCc1cc(C(=O)N2CCc3c(-c4cccc(NC(=O)c5nc6c(n5C)CCN(C)C6)c4Cl)cccc32)ncc1CO. The molecular weight excluding hydrogens is 568 g/mol. The molecule has 0 aliphatic carbocycles. The van der Waals surface area contributed by atoms with Gasteiger partial charge in [-0.3, -0.25) is 14.6 Å². The Morgan fingerprint density at radius 3 is 2.65 bits per heavy atom. The van der Waals surface area contributed by atoms with Crippen molar-refractivity contribution in [2.45, 2.75) is 32.6 Å². The van der Waals surface area contributed by atoms with Crippen molar-refractivity contribution in [3.63, 3.8) is 0 Å². The first-order chi connectivity index (χ1) is 20.8. The van der Waals surface area contributed by atoms with E-state index in [-0.39, 0.29) is 30.7 Å². The zero-order chi connectivity index (χ0) is 30.2. The van der Waals surface area contributed by atoms with Gasteiger partial charge in [0.05, 0.1) is 29.6 Å². The first-order valence-electron chi connectivity index (χ1n) is 14.1. The molecule has 10 nitrogen and oxygen atoms in total. The van der Waals surface area contributed by atoms with Crippen LogP contribution in [0.3, 0.4) is 0 Å². The van der Waals surface area contributed by atoms with Crippen LogP contribution in [0.25, 0.3) is 11.1 Å². The molecule has 2 aromatic heterocycles. The molecule has 4 aromatic rings. The molecule has 0 unspecified atom stereocenters. The largest absolute Gasteiger partial charge is 0.392 e. The van der Waals surface area contributed by atoms with Crippen LogP contribution in [0.5, 0.6) is 0 Å². The van der Waals surface area contributed by atoms with Gasteiger partial charge in [-0.1, -0.05) is 35.9 Å². The van der Waals surface area contributed by atoms with E-state index in [0.717, 1.165) is 52.3 Å². The number of amides is 2. The second kappa shape index (κ2) is 11.9. The van der Waals surface area contributed by atoms with Crippen LogP contribution in [0.4, 0.5) is 11.4 Å². The number of rotatable bonds is 7. The molecule has 2 aliphatic heterocycles. The van der Waals surface area contributed by atoms with Crippen molar-refractivity contribution in [3.8, 4) is 11.1 Å². The number of nitrogens with one attached hydrogen (secondary N) is 1. The maximum atomic E-state index is 13.6. The van der Waals surface area contributed by atoms with E-state index in [9.17, 15) is 14.7 Å². The maximum Gasteiger partial charge on any atom is 0.291 e. The molecule has 0 saturated heterocycles. The van der Waals surface area contributed by atoms with Gasteiger partial charge in [0, 0.05) is 68.9 Å². The highest BCUT2D eigenvalue weighted by Crippen LogP contribution is 2.41. The van der Waals surface area contributed by atoms with Crippen LogP contribution >= 0.6 is 11.6 Å². The van der Waals surface area contributed by atoms with E-state index in [0.29, 0.717) is 41.6 Å². The molecule has 0 atom stereocenters. The molecule has 0 saturated carbocycles. The minimum absolute atomic E-state index is 0.183. The van der Waals surface area contributed by atoms with Gasteiger partial charge in [-0.25, -0.2) is 4.98 Å². The number of aromatic nitrogens is 3. The Labute approximate surface area is 254 Å². The number of benzene rings is 2. The number of anilines is 2. The standard InChI is InChI=1S/C32H33ClN6O4/c1-37-12-11-28-26(16-37)35-30(38(28)2)31(41)36-24-8-4-7-23(29(24)33)21-6-5-9-27-22(21)10-13-39(27)32(42)25-14-19(18-43-3)20(17-40)15-34-25/h4-9,14-15,40H,10-13,16-18H2,1-3H3,(H,36,41). The molecule has 2 aromatic carbocycles. The lowest BCUT2D eigenvalue weighted by Gasteiger charge is -2.21. The molecule has 0 fully saturated rings. The monoisotopic (exact) mass is 600 g/mol. The van der Waals surface area contributed by atoms with E-state index in [4.69, 9.17) is 16.3 Å². The van der Waals surface area contributed by atoms with Gasteiger partial charge in [-0.05, 0) is 48.4 Å². The smallest absolute Gasteiger partial charge is 0.291 e. The fourth-order valence-corrected chi connectivity index (χ4v) is 6.26. The Balaban J connectivity index is 1.28. The molecule has 0 spiro atoms. The van der Waals surface area contributed by atoms with Crippen molar-refractivity contribution in [1.29, 1.82) is 0 Å². The van der Waals surface area contributed by atoms with Gasteiger partial charge in [-0.2, -0.15) is 0 Å². The number of aliphatic hydroxyl groups excluding tert-OH is 1. The normalized spacial score (nSPS) is 14.5. The summed E-state index contributed by atoms with van der Waals surface area (Å²) < 4.78 is 7.11. The summed E-state index contributed by atoms with van der Waals surface area (Å²) in [5, 5.41) is 13.0. The van der Waals surface area contributed by atoms with Crippen LogP contribution in [0, 0.1) is 0 Å². The summed E-state index contributed by atoms with van der Waals surface area (Å²) in [6.07, 6.45) is 3.00. The first kappa shape index (κ1) is 29.0. The third-order valence-electron chi connectivity index (χ3n) is 8.23. The number of ether oxygens (including phenoxy) is 1. The molecular formula is C32H33ClN6O4. The fourth-order valence-electron chi connectivity index (χ4n) is 5.99. The molecule has 4 heterocycles. The number of aliphatic hydroxyl groups is 1. The van der Waals surface area contributed by atoms with Gasteiger partial charge in [0.1, 0.15) is 5.69 Å². The van der Waals surface area contributed by atoms with Crippen LogP contribution in [-0.4, -0.2) is 63.6 Å². The number of halogens is 1. The van der Waals surface area contributed by atoms with E-state index in [1.807, 2.05) is 49.0 Å². The number of carbonyl (C=O) groups is 2.